The molecule has 1 atom stereocenters. The number of halogens is 1. The molecule has 0 bridgehead atoms. The topological polar surface area (TPSA) is 75.4 Å². The molecule has 1 fully saturated rings. The van der Waals surface area contributed by atoms with Gasteiger partial charge in [-0.25, -0.2) is 9.97 Å². The van der Waals surface area contributed by atoms with Crippen molar-refractivity contribution in [1.29, 1.82) is 0 Å². The van der Waals surface area contributed by atoms with Crippen LogP contribution in [0, 0.1) is 0 Å². The molecule has 0 saturated carbocycles. The van der Waals surface area contributed by atoms with E-state index in [1.165, 1.54) is 0 Å². The summed E-state index contributed by atoms with van der Waals surface area (Å²) in [5.41, 5.74) is 8.70. The van der Waals surface area contributed by atoms with Crippen LogP contribution >= 0.6 is 11.6 Å². The summed E-state index contributed by atoms with van der Waals surface area (Å²) in [4.78, 5) is 24.8. The molecule has 0 radical (unpaired) electrons. The van der Waals surface area contributed by atoms with Crippen LogP contribution in [0.15, 0.2) is 30.5 Å². The number of amides is 1. The van der Waals surface area contributed by atoms with Crippen molar-refractivity contribution in [3.63, 3.8) is 0 Å². The van der Waals surface area contributed by atoms with E-state index in [0.717, 1.165) is 42.6 Å². The van der Waals surface area contributed by atoms with Crippen molar-refractivity contribution in [1.82, 2.24) is 19.8 Å². The first-order valence-electron chi connectivity index (χ1n) is 8.78. The second-order valence-corrected chi connectivity index (χ2v) is 7.24. The fourth-order valence-corrected chi connectivity index (χ4v) is 3.45. The second-order valence-electron chi connectivity index (χ2n) is 6.80. The van der Waals surface area contributed by atoms with Crippen LogP contribution in [-0.4, -0.2) is 52.9 Å². The monoisotopic (exact) mass is 373 g/mol. The van der Waals surface area contributed by atoms with Crippen molar-refractivity contribution in [3.8, 4) is 11.1 Å². The van der Waals surface area contributed by atoms with Gasteiger partial charge in [-0.05, 0) is 37.1 Å². The molecule has 0 spiro atoms. The first kappa shape index (κ1) is 18.6. The average molecular weight is 374 g/mol. The molecule has 2 N–H and O–H groups in total. The van der Waals surface area contributed by atoms with Crippen LogP contribution in [-0.2, 0) is 4.79 Å². The van der Waals surface area contributed by atoms with Crippen LogP contribution in [0.3, 0.4) is 0 Å². The van der Waals surface area contributed by atoms with Gasteiger partial charge in [0.2, 0.25) is 11.9 Å². The molecule has 2 aromatic rings. The lowest BCUT2D eigenvalue weighted by molar-refractivity contribution is -0.130. The molecular formula is C19H24ClN5O. The first-order valence-corrected chi connectivity index (χ1v) is 9.16. The van der Waals surface area contributed by atoms with E-state index in [-0.39, 0.29) is 17.9 Å². The summed E-state index contributed by atoms with van der Waals surface area (Å²) in [6, 6.07) is 7.66. The zero-order valence-electron chi connectivity index (χ0n) is 15.2. The van der Waals surface area contributed by atoms with Crippen molar-refractivity contribution in [2.75, 3.05) is 32.9 Å². The van der Waals surface area contributed by atoms with Gasteiger partial charge in [0.15, 0.2) is 0 Å². The highest BCUT2D eigenvalue weighted by atomic mass is 35.5. The summed E-state index contributed by atoms with van der Waals surface area (Å²) in [6.45, 7) is 1.25. The lowest BCUT2D eigenvalue weighted by atomic mass is 9.94. The van der Waals surface area contributed by atoms with E-state index in [1.54, 1.807) is 25.2 Å². The van der Waals surface area contributed by atoms with E-state index in [9.17, 15) is 4.79 Å². The number of carbonyl (C=O) groups is 1. The number of anilines is 1. The maximum Gasteiger partial charge on any atom is 0.236 e. The second kappa shape index (κ2) is 8.01. The smallest absolute Gasteiger partial charge is 0.236 e. The number of nitrogens with two attached hydrogens (primary N) is 1. The number of carbonyl (C=O) groups excluding carboxylic acids is 1. The van der Waals surface area contributed by atoms with Gasteiger partial charge in [-0.2, -0.15) is 0 Å². The molecule has 3 rings (SSSR count). The number of likely N-dealkylation sites (N-methyl/N-ethyl adjacent to an activating group) is 1. The summed E-state index contributed by atoms with van der Waals surface area (Å²) in [6.07, 6.45) is 4.88. The molecule has 6 nitrogen and oxygen atoms in total. The first-order chi connectivity index (χ1) is 12.5. The van der Waals surface area contributed by atoms with E-state index < -0.39 is 0 Å². The zero-order chi connectivity index (χ0) is 18.7. The van der Waals surface area contributed by atoms with Crippen LogP contribution in [0.4, 0.5) is 5.95 Å². The van der Waals surface area contributed by atoms with Crippen molar-refractivity contribution in [2.24, 2.45) is 0 Å². The summed E-state index contributed by atoms with van der Waals surface area (Å²) in [5.74, 6) is 0.342. The molecular weight excluding hydrogens is 350 g/mol. The van der Waals surface area contributed by atoms with Gasteiger partial charge >= 0.3 is 0 Å². The summed E-state index contributed by atoms with van der Waals surface area (Å²) < 4.78 is 0. The predicted molar refractivity (Wildman–Crippen MR) is 104 cm³/mol. The van der Waals surface area contributed by atoms with E-state index >= 15 is 0 Å². The quantitative estimate of drug-likeness (QED) is 0.891. The number of benzene rings is 1. The molecule has 0 aliphatic carbocycles. The molecule has 1 aliphatic heterocycles. The van der Waals surface area contributed by atoms with Crippen LogP contribution < -0.4 is 5.73 Å². The van der Waals surface area contributed by atoms with Crippen molar-refractivity contribution in [3.05, 3.63) is 41.2 Å². The highest BCUT2D eigenvalue weighted by Gasteiger charge is 2.29. The number of hydrogen-bond donors (Lipinski definition) is 1. The SMILES string of the molecule is CN(C)C(=O)CN1CCCC[C@H]1c1nc(N)ncc1-c1ccc(Cl)cc1. The van der Waals surface area contributed by atoms with Crippen molar-refractivity contribution >= 4 is 23.5 Å². The van der Waals surface area contributed by atoms with Gasteiger partial charge in [-0.3, -0.25) is 9.69 Å². The minimum Gasteiger partial charge on any atom is -0.368 e. The largest absolute Gasteiger partial charge is 0.368 e. The van der Waals surface area contributed by atoms with Gasteiger partial charge in [0.05, 0.1) is 18.3 Å². The Morgan fingerprint density at radius 1 is 1.31 bits per heavy atom. The Bertz CT molecular complexity index is 778. The minimum atomic E-state index is 0.0450. The van der Waals surface area contributed by atoms with Gasteiger partial charge in [-0.1, -0.05) is 30.2 Å². The predicted octanol–water partition coefficient (Wildman–Crippen LogP) is 2.99. The van der Waals surface area contributed by atoms with E-state index in [2.05, 4.69) is 14.9 Å². The number of nitrogen functional groups attached to an aromatic ring is 1. The van der Waals surface area contributed by atoms with Crippen molar-refractivity contribution in [2.45, 2.75) is 25.3 Å². The Balaban J connectivity index is 1.98. The molecule has 1 amide bonds. The van der Waals surface area contributed by atoms with Gasteiger partial charge < -0.3 is 10.6 Å². The molecule has 2 heterocycles. The molecule has 1 saturated heterocycles. The summed E-state index contributed by atoms with van der Waals surface area (Å²) >= 11 is 6.02. The molecule has 138 valence electrons. The maximum atomic E-state index is 12.3. The lowest BCUT2D eigenvalue weighted by Gasteiger charge is -2.36. The average Bonchev–Trinajstić information content (AvgIpc) is 2.63. The molecule has 1 aromatic carbocycles. The maximum absolute atomic E-state index is 12.3. The van der Waals surface area contributed by atoms with E-state index in [4.69, 9.17) is 17.3 Å². The number of hydrogen-bond acceptors (Lipinski definition) is 5. The third-order valence-electron chi connectivity index (χ3n) is 4.76. The highest BCUT2D eigenvalue weighted by Crippen LogP contribution is 2.36. The molecule has 0 unspecified atom stereocenters. The summed E-state index contributed by atoms with van der Waals surface area (Å²) in [5, 5.41) is 0.683. The molecule has 26 heavy (non-hydrogen) atoms. The van der Waals surface area contributed by atoms with Gasteiger partial charge in [0.1, 0.15) is 0 Å². The minimum absolute atomic E-state index is 0.0450. The van der Waals surface area contributed by atoms with Crippen molar-refractivity contribution < 1.29 is 4.79 Å². The van der Waals surface area contributed by atoms with Gasteiger partial charge in [0, 0.05) is 30.9 Å². The van der Waals surface area contributed by atoms with Gasteiger partial charge in [-0.15, -0.1) is 0 Å². The Labute approximate surface area is 159 Å². The molecule has 7 heteroatoms. The Kier molecular flexibility index (Phi) is 5.74. The Morgan fingerprint density at radius 2 is 2.04 bits per heavy atom. The highest BCUT2D eigenvalue weighted by molar-refractivity contribution is 6.30. The standard InChI is InChI=1S/C19H24ClN5O/c1-24(2)17(26)12-25-10-4-3-5-16(25)18-15(11-22-19(21)23-18)13-6-8-14(20)9-7-13/h6-9,11,16H,3-5,10,12H2,1-2H3,(H2,21,22,23)/t16-/m0/s1. The van der Waals surface area contributed by atoms with Crippen LogP contribution in [0.25, 0.3) is 11.1 Å². The normalized spacial score (nSPS) is 17.9. The van der Waals surface area contributed by atoms with Crippen LogP contribution in [0.5, 0.6) is 0 Å². The van der Waals surface area contributed by atoms with Gasteiger partial charge in [0.25, 0.3) is 0 Å². The third kappa shape index (κ3) is 4.14. The van der Waals surface area contributed by atoms with E-state index in [1.807, 2.05) is 24.3 Å². The lowest BCUT2D eigenvalue weighted by Crippen LogP contribution is -2.41. The van der Waals surface area contributed by atoms with E-state index in [0.29, 0.717) is 11.6 Å². The fraction of sp³-hybridized carbons (Fsp3) is 0.421. The molecule has 1 aromatic heterocycles. The number of rotatable bonds is 4. The van der Waals surface area contributed by atoms with Crippen LogP contribution in [0.2, 0.25) is 5.02 Å². The van der Waals surface area contributed by atoms with Crippen LogP contribution in [0.1, 0.15) is 31.0 Å². The number of aromatic nitrogens is 2. The Hall–Kier alpha value is -2.18. The fourth-order valence-electron chi connectivity index (χ4n) is 3.32. The summed E-state index contributed by atoms with van der Waals surface area (Å²) in [7, 11) is 3.56. The molecule has 1 aliphatic rings. The third-order valence-corrected chi connectivity index (χ3v) is 5.01. The Morgan fingerprint density at radius 3 is 2.73 bits per heavy atom. The number of nitrogens with zero attached hydrogens (tertiary/aromatic N) is 4. The zero-order valence-corrected chi connectivity index (χ0v) is 15.9. The number of piperidine rings is 1. The number of likely N-dealkylation sites (tertiary alicyclic amines) is 1.